The molecule has 0 atom stereocenters. The van der Waals surface area contributed by atoms with Gasteiger partial charge in [0, 0.05) is 12.5 Å². The van der Waals surface area contributed by atoms with Gasteiger partial charge in [0.15, 0.2) is 0 Å². The van der Waals surface area contributed by atoms with Crippen LogP contribution in [0.25, 0.3) is 5.76 Å². The smallest absolute Gasteiger partial charge is 0.308 e. The summed E-state index contributed by atoms with van der Waals surface area (Å²) in [7, 11) is 0. The molecule has 0 spiro atoms. The van der Waals surface area contributed by atoms with Crippen molar-refractivity contribution >= 4 is 11.7 Å². The quantitative estimate of drug-likeness (QED) is 0.638. The molecule has 2 rings (SSSR count). The van der Waals surface area contributed by atoms with E-state index in [4.69, 9.17) is 4.74 Å². The van der Waals surface area contributed by atoms with Crippen LogP contribution in [0.2, 0.25) is 0 Å². The van der Waals surface area contributed by atoms with Gasteiger partial charge in [0.2, 0.25) is 0 Å². The first-order valence-electron chi connectivity index (χ1n) is 4.34. The summed E-state index contributed by atoms with van der Waals surface area (Å²) < 4.78 is 17.8. The molecule has 1 aliphatic carbocycles. The van der Waals surface area contributed by atoms with Crippen molar-refractivity contribution in [1.82, 2.24) is 0 Å². The second kappa shape index (κ2) is 3.25. The van der Waals surface area contributed by atoms with Gasteiger partial charge in [-0.05, 0) is 36.3 Å². The lowest BCUT2D eigenvalue weighted by atomic mass is 10.1. The molecule has 0 saturated heterocycles. The van der Waals surface area contributed by atoms with Crippen LogP contribution in [0.15, 0.2) is 24.3 Å². The van der Waals surface area contributed by atoms with Crippen molar-refractivity contribution in [2.45, 2.75) is 13.3 Å². The molecule has 1 aromatic carbocycles. The molecular weight excluding hydrogens is 183 g/mol. The molecule has 1 aliphatic rings. The molecule has 0 N–H and O–H groups in total. The Morgan fingerprint density at radius 2 is 2.29 bits per heavy atom. The lowest BCUT2D eigenvalue weighted by Crippen LogP contribution is -1.97. The summed E-state index contributed by atoms with van der Waals surface area (Å²) in [6.07, 6.45) is 2.40. The van der Waals surface area contributed by atoms with Gasteiger partial charge in [0.25, 0.3) is 0 Å². The Labute approximate surface area is 81.0 Å². The number of rotatable bonds is 1. The number of esters is 1. The van der Waals surface area contributed by atoms with Crippen LogP contribution < -0.4 is 0 Å². The summed E-state index contributed by atoms with van der Waals surface area (Å²) in [6, 6.07) is 4.45. The topological polar surface area (TPSA) is 26.3 Å². The molecule has 0 fully saturated rings. The van der Waals surface area contributed by atoms with Gasteiger partial charge in [-0.1, -0.05) is 0 Å². The summed E-state index contributed by atoms with van der Waals surface area (Å²) in [6.45, 7) is 1.35. The van der Waals surface area contributed by atoms with Crippen LogP contribution >= 0.6 is 0 Å². The van der Waals surface area contributed by atoms with E-state index < -0.39 is 0 Å². The van der Waals surface area contributed by atoms with Crippen molar-refractivity contribution in [2.24, 2.45) is 0 Å². The molecule has 0 unspecified atom stereocenters. The standard InChI is InChI=1S/C11H9FO2/c1-7(13)14-11-5-2-8-6-9(12)3-4-10(8)11/h3-6H,2H2,1H3. The Bertz CT molecular complexity index is 421. The zero-order valence-electron chi connectivity index (χ0n) is 7.71. The third-order valence-corrected chi connectivity index (χ3v) is 2.09. The molecule has 72 valence electrons. The maximum absolute atomic E-state index is 12.8. The van der Waals surface area contributed by atoms with E-state index in [0.29, 0.717) is 12.2 Å². The lowest BCUT2D eigenvalue weighted by molar-refractivity contribution is -0.134. The summed E-state index contributed by atoms with van der Waals surface area (Å²) in [4.78, 5) is 10.7. The first kappa shape index (κ1) is 8.94. The van der Waals surface area contributed by atoms with Crippen LogP contribution in [0.1, 0.15) is 18.1 Å². The van der Waals surface area contributed by atoms with E-state index in [1.807, 2.05) is 0 Å². The van der Waals surface area contributed by atoms with Crippen LogP contribution in [-0.2, 0) is 16.0 Å². The summed E-state index contributed by atoms with van der Waals surface area (Å²) >= 11 is 0. The monoisotopic (exact) mass is 192 g/mol. The minimum Gasteiger partial charge on any atom is -0.426 e. The minimum atomic E-state index is -0.353. The number of hydrogen-bond acceptors (Lipinski definition) is 2. The van der Waals surface area contributed by atoms with Crippen molar-refractivity contribution in [2.75, 3.05) is 0 Å². The van der Waals surface area contributed by atoms with Gasteiger partial charge in [-0.3, -0.25) is 4.79 Å². The highest BCUT2D eigenvalue weighted by Crippen LogP contribution is 2.28. The van der Waals surface area contributed by atoms with Gasteiger partial charge in [0.05, 0.1) is 0 Å². The van der Waals surface area contributed by atoms with Crippen molar-refractivity contribution in [3.8, 4) is 0 Å². The summed E-state index contributed by atoms with van der Waals surface area (Å²) in [5.74, 6) is -0.0813. The van der Waals surface area contributed by atoms with Crippen LogP contribution in [0.5, 0.6) is 0 Å². The maximum Gasteiger partial charge on any atom is 0.308 e. The SMILES string of the molecule is CC(=O)OC1=CCc2cc(F)ccc21. The van der Waals surface area contributed by atoms with Crippen LogP contribution in [-0.4, -0.2) is 5.97 Å². The summed E-state index contributed by atoms with van der Waals surface area (Å²) in [5.41, 5.74) is 1.67. The van der Waals surface area contributed by atoms with Gasteiger partial charge in [-0.2, -0.15) is 0 Å². The Kier molecular flexibility index (Phi) is 2.08. The maximum atomic E-state index is 12.8. The van der Waals surface area contributed by atoms with Crippen molar-refractivity contribution in [3.05, 3.63) is 41.2 Å². The van der Waals surface area contributed by atoms with Crippen molar-refractivity contribution in [1.29, 1.82) is 0 Å². The van der Waals surface area contributed by atoms with E-state index in [0.717, 1.165) is 11.1 Å². The van der Waals surface area contributed by atoms with Gasteiger partial charge in [-0.25, -0.2) is 4.39 Å². The minimum absolute atomic E-state index is 0.263. The second-order valence-electron chi connectivity index (χ2n) is 3.17. The Hall–Kier alpha value is -1.64. The van der Waals surface area contributed by atoms with E-state index in [1.165, 1.54) is 19.1 Å². The zero-order chi connectivity index (χ0) is 10.1. The van der Waals surface area contributed by atoms with E-state index in [1.54, 1.807) is 12.1 Å². The number of ether oxygens (including phenoxy) is 1. The summed E-state index contributed by atoms with van der Waals surface area (Å²) in [5, 5.41) is 0. The number of carbonyl (C=O) groups is 1. The highest BCUT2D eigenvalue weighted by atomic mass is 19.1. The number of hydrogen-bond donors (Lipinski definition) is 0. The molecule has 0 amide bonds. The van der Waals surface area contributed by atoms with E-state index >= 15 is 0 Å². The molecule has 0 aliphatic heterocycles. The van der Waals surface area contributed by atoms with E-state index in [9.17, 15) is 9.18 Å². The van der Waals surface area contributed by atoms with E-state index in [-0.39, 0.29) is 11.8 Å². The predicted molar refractivity (Wildman–Crippen MR) is 49.8 cm³/mol. The zero-order valence-corrected chi connectivity index (χ0v) is 7.71. The molecule has 0 saturated carbocycles. The molecule has 3 heteroatoms. The molecule has 14 heavy (non-hydrogen) atoms. The number of benzene rings is 1. The largest absolute Gasteiger partial charge is 0.426 e. The van der Waals surface area contributed by atoms with Crippen molar-refractivity contribution in [3.63, 3.8) is 0 Å². The lowest BCUT2D eigenvalue weighted by Gasteiger charge is -2.04. The molecule has 0 radical (unpaired) electrons. The first-order valence-corrected chi connectivity index (χ1v) is 4.34. The average molecular weight is 192 g/mol. The van der Waals surface area contributed by atoms with Crippen LogP contribution in [0, 0.1) is 5.82 Å². The van der Waals surface area contributed by atoms with Crippen LogP contribution in [0.3, 0.4) is 0 Å². The highest BCUT2D eigenvalue weighted by Gasteiger charge is 2.16. The van der Waals surface area contributed by atoms with Gasteiger partial charge in [-0.15, -0.1) is 0 Å². The molecule has 0 bridgehead atoms. The predicted octanol–water partition coefficient (Wildman–Crippen LogP) is 2.29. The number of carbonyl (C=O) groups excluding carboxylic acids is 1. The molecule has 2 nitrogen and oxygen atoms in total. The Morgan fingerprint density at radius 1 is 1.50 bits per heavy atom. The van der Waals surface area contributed by atoms with Crippen LogP contribution in [0.4, 0.5) is 4.39 Å². The fourth-order valence-electron chi connectivity index (χ4n) is 1.54. The number of fused-ring (bicyclic) bond motifs is 1. The first-order chi connectivity index (χ1) is 6.66. The highest BCUT2D eigenvalue weighted by molar-refractivity contribution is 5.79. The van der Waals surface area contributed by atoms with Gasteiger partial charge < -0.3 is 4.74 Å². The number of allylic oxidation sites excluding steroid dienone is 1. The Morgan fingerprint density at radius 3 is 3.00 bits per heavy atom. The Balaban J connectivity index is 2.32. The third kappa shape index (κ3) is 1.53. The van der Waals surface area contributed by atoms with Crippen molar-refractivity contribution < 1.29 is 13.9 Å². The number of halogens is 1. The fourth-order valence-corrected chi connectivity index (χ4v) is 1.54. The third-order valence-electron chi connectivity index (χ3n) is 2.09. The average Bonchev–Trinajstić information content (AvgIpc) is 2.47. The van der Waals surface area contributed by atoms with E-state index in [2.05, 4.69) is 0 Å². The van der Waals surface area contributed by atoms with Gasteiger partial charge in [0.1, 0.15) is 11.6 Å². The molecule has 0 heterocycles. The normalized spacial score (nSPS) is 13.4. The second-order valence-corrected chi connectivity index (χ2v) is 3.17. The molecule has 0 aromatic heterocycles. The van der Waals surface area contributed by atoms with Gasteiger partial charge >= 0.3 is 5.97 Å². The fraction of sp³-hybridized carbons (Fsp3) is 0.182. The molecule has 1 aromatic rings. The molecular formula is C11H9FO2.